The molecule has 0 saturated heterocycles. The van der Waals surface area contributed by atoms with E-state index in [0.29, 0.717) is 10.6 Å². The summed E-state index contributed by atoms with van der Waals surface area (Å²) in [5.41, 5.74) is 7.38. The number of anilines is 1. The van der Waals surface area contributed by atoms with Gasteiger partial charge in [0.15, 0.2) is 0 Å². The van der Waals surface area contributed by atoms with E-state index in [9.17, 15) is 4.79 Å². The number of rotatable bonds is 4. The quantitative estimate of drug-likeness (QED) is 0.909. The number of carbonyl (C=O) groups excluding carboxylic acids is 1. The van der Waals surface area contributed by atoms with E-state index in [1.54, 1.807) is 13.2 Å². The van der Waals surface area contributed by atoms with Gasteiger partial charge < -0.3 is 15.8 Å². The average molecular weight is 290 g/mol. The molecular weight excluding hydrogens is 272 g/mol. The van der Waals surface area contributed by atoms with Gasteiger partial charge in [-0.3, -0.25) is 4.79 Å². The highest BCUT2D eigenvalue weighted by Crippen LogP contribution is 2.27. The van der Waals surface area contributed by atoms with E-state index in [-0.39, 0.29) is 11.9 Å². The average Bonchev–Trinajstić information content (AvgIpc) is 2.78. The Morgan fingerprint density at radius 3 is 2.70 bits per heavy atom. The van der Waals surface area contributed by atoms with Crippen molar-refractivity contribution in [2.24, 2.45) is 0 Å². The van der Waals surface area contributed by atoms with Crippen LogP contribution in [0.5, 0.6) is 5.75 Å². The lowest BCUT2D eigenvalue weighted by atomic mass is 10.1. The van der Waals surface area contributed by atoms with Gasteiger partial charge in [0.1, 0.15) is 5.75 Å². The van der Waals surface area contributed by atoms with Crippen molar-refractivity contribution in [1.82, 2.24) is 5.32 Å². The maximum atomic E-state index is 12.2. The lowest BCUT2D eigenvalue weighted by Crippen LogP contribution is -2.26. The van der Waals surface area contributed by atoms with Gasteiger partial charge in [0.2, 0.25) is 0 Å². The van der Waals surface area contributed by atoms with Crippen molar-refractivity contribution in [3.63, 3.8) is 0 Å². The predicted octanol–water partition coefficient (Wildman–Crippen LogP) is 3.14. The molecule has 5 heteroatoms. The second-order valence-electron chi connectivity index (χ2n) is 4.56. The molecule has 0 aliphatic rings. The SMILES string of the molecule is COc1ccccc1C(C)NC(=O)c1cc(N)c(C)s1. The maximum absolute atomic E-state index is 12.2. The van der Waals surface area contributed by atoms with E-state index in [1.165, 1.54) is 11.3 Å². The van der Waals surface area contributed by atoms with E-state index in [4.69, 9.17) is 10.5 Å². The molecule has 0 spiro atoms. The van der Waals surface area contributed by atoms with Gasteiger partial charge in [-0.15, -0.1) is 11.3 Å². The number of ether oxygens (including phenoxy) is 1. The molecule has 0 bridgehead atoms. The number of nitrogens with one attached hydrogen (secondary N) is 1. The number of amides is 1. The monoisotopic (exact) mass is 290 g/mol. The fourth-order valence-corrected chi connectivity index (χ4v) is 2.82. The molecule has 0 saturated carbocycles. The molecule has 4 nitrogen and oxygen atoms in total. The maximum Gasteiger partial charge on any atom is 0.261 e. The first-order chi connectivity index (χ1) is 9.52. The highest BCUT2D eigenvalue weighted by atomic mass is 32.1. The Labute approximate surface area is 122 Å². The molecule has 0 fully saturated rings. The van der Waals surface area contributed by atoms with Gasteiger partial charge in [0, 0.05) is 16.1 Å². The highest BCUT2D eigenvalue weighted by Gasteiger charge is 2.16. The van der Waals surface area contributed by atoms with Gasteiger partial charge in [-0.25, -0.2) is 0 Å². The third kappa shape index (κ3) is 2.93. The van der Waals surface area contributed by atoms with Crippen LogP contribution in [-0.2, 0) is 0 Å². The van der Waals surface area contributed by atoms with E-state index in [1.807, 2.05) is 38.1 Å². The Morgan fingerprint density at radius 2 is 2.10 bits per heavy atom. The first-order valence-corrected chi connectivity index (χ1v) is 7.14. The lowest BCUT2D eigenvalue weighted by molar-refractivity contribution is 0.0943. The number of aryl methyl sites for hydroxylation is 1. The summed E-state index contributed by atoms with van der Waals surface area (Å²) in [5.74, 6) is 0.649. The topological polar surface area (TPSA) is 64.3 Å². The van der Waals surface area contributed by atoms with Crippen LogP contribution >= 0.6 is 11.3 Å². The standard InChI is InChI=1S/C15H18N2O2S/c1-9(11-6-4-5-7-13(11)19-3)17-15(18)14-8-12(16)10(2)20-14/h4-9H,16H2,1-3H3,(H,17,18). The van der Waals surface area contributed by atoms with Crippen LogP contribution in [0.4, 0.5) is 5.69 Å². The van der Waals surface area contributed by atoms with E-state index >= 15 is 0 Å². The van der Waals surface area contributed by atoms with Crippen molar-refractivity contribution in [3.8, 4) is 5.75 Å². The summed E-state index contributed by atoms with van der Waals surface area (Å²) in [6, 6.07) is 9.23. The molecule has 1 unspecified atom stereocenters. The van der Waals surface area contributed by atoms with Gasteiger partial charge in [-0.05, 0) is 26.0 Å². The van der Waals surface area contributed by atoms with Crippen LogP contribution in [0.2, 0.25) is 0 Å². The third-order valence-corrected chi connectivity index (χ3v) is 4.20. The predicted molar refractivity (Wildman–Crippen MR) is 82.3 cm³/mol. The summed E-state index contributed by atoms with van der Waals surface area (Å²) in [5, 5.41) is 2.96. The van der Waals surface area contributed by atoms with Crippen LogP contribution in [0, 0.1) is 6.92 Å². The van der Waals surface area contributed by atoms with Crippen molar-refractivity contribution in [3.05, 3.63) is 45.6 Å². The second-order valence-corrected chi connectivity index (χ2v) is 5.82. The molecular formula is C15H18N2O2S. The van der Waals surface area contributed by atoms with Crippen molar-refractivity contribution in [2.45, 2.75) is 19.9 Å². The Morgan fingerprint density at radius 1 is 1.40 bits per heavy atom. The van der Waals surface area contributed by atoms with Crippen molar-refractivity contribution >= 4 is 22.9 Å². The molecule has 106 valence electrons. The number of nitrogens with two attached hydrogens (primary N) is 1. The Bertz CT molecular complexity index is 603. The molecule has 3 N–H and O–H groups in total. The summed E-state index contributed by atoms with van der Waals surface area (Å²) in [6.45, 7) is 3.83. The summed E-state index contributed by atoms with van der Waals surface area (Å²) >= 11 is 1.40. The minimum atomic E-state index is -0.137. The van der Waals surface area contributed by atoms with Crippen LogP contribution in [0.1, 0.15) is 33.1 Å². The zero-order valence-electron chi connectivity index (χ0n) is 11.8. The van der Waals surface area contributed by atoms with Crippen LogP contribution in [0.15, 0.2) is 30.3 Å². The molecule has 1 atom stereocenters. The summed E-state index contributed by atoms with van der Waals surface area (Å²) in [4.78, 5) is 13.8. The van der Waals surface area contributed by atoms with Crippen LogP contribution in [-0.4, -0.2) is 13.0 Å². The van der Waals surface area contributed by atoms with Crippen molar-refractivity contribution in [1.29, 1.82) is 0 Å². The number of hydrogen-bond donors (Lipinski definition) is 2. The molecule has 2 rings (SSSR count). The van der Waals surface area contributed by atoms with Crippen LogP contribution in [0.25, 0.3) is 0 Å². The third-order valence-electron chi connectivity index (χ3n) is 3.13. The molecule has 0 radical (unpaired) electrons. The summed E-state index contributed by atoms with van der Waals surface area (Å²) in [6.07, 6.45) is 0. The molecule has 2 aromatic rings. The second kappa shape index (κ2) is 5.96. The lowest BCUT2D eigenvalue weighted by Gasteiger charge is -2.16. The number of hydrogen-bond acceptors (Lipinski definition) is 4. The minimum Gasteiger partial charge on any atom is -0.496 e. The zero-order valence-corrected chi connectivity index (χ0v) is 12.6. The number of carbonyl (C=O) groups is 1. The number of methoxy groups -OCH3 is 1. The Balaban J connectivity index is 2.15. The van der Waals surface area contributed by atoms with Crippen molar-refractivity contribution in [2.75, 3.05) is 12.8 Å². The van der Waals surface area contributed by atoms with Crippen molar-refractivity contribution < 1.29 is 9.53 Å². The van der Waals surface area contributed by atoms with Gasteiger partial charge in [0.05, 0.1) is 18.0 Å². The molecule has 1 aromatic carbocycles. The smallest absolute Gasteiger partial charge is 0.261 e. The van der Waals surface area contributed by atoms with E-state index in [2.05, 4.69) is 5.32 Å². The van der Waals surface area contributed by atoms with Gasteiger partial charge in [0.25, 0.3) is 5.91 Å². The van der Waals surface area contributed by atoms with Gasteiger partial charge >= 0.3 is 0 Å². The van der Waals surface area contributed by atoms with Crippen LogP contribution < -0.4 is 15.8 Å². The molecule has 0 aliphatic carbocycles. The Hall–Kier alpha value is -2.01. The summed E-state index contributed by atoms with van der Waals surface area (Å²) < 4.78 is 5.31. The van der Waals surface area contributed by atoms with E-state index < -0.39 is 0 Å². The van der Waals surface area contributed by atoms with Crippen LogP contribution in [0.3, 0.4) is 0 Å². The molecule has 20 heavy (non-hydrogen) atoms. The fraction of sp³-hybridized carbons (Fsp3) is 0.267. The summed E-state index contributed by atoms with van der Waals surface area (Å²) in [7, 11) is 1.62. The number of para-hydroxylation sites is 1. The molecule has 1 amide bonds. The Kier molecular flexibility index (Phi) is 4.29. The highest BCUT2D eigenvalue weighted by molar-refractivity contribution is 7.14. The normalized spacial score (nSPS) is 11.9. The number of thiophene rings is 1. The van der Waals surface area contributed by atoms with Gasteiger partial charge in [-0.2, -0.15) is 0 Å². The van der Waals surface area contributed by atoms with Gasteiger partial charge in [-0.1, -0.05) is 18.2 Å². The molecule has 1 heterocycles. The first-order valence-electron chi connectivity index (χ1n) is 6.32. The zero-order chi connectivity index (χ0) is 14.7. The minimum absolute atomic E-state index is 0.117. The fourth-order valence-electron chi connectivity index (χ4n) is 1.98. The molecule has 0 aliphatic heterocycles. The van der Waals surface area contributed by atoms with E-state index in [0.717, 1.165) is 16.2 Å². The number of nitrogen functional groups attached to an aromatic ring is 1. The number of benzene rings is 1. The largest absolute Gasteiger partial charge is 0.496 e. The molecule has 1 aromatic heterocycles. The first kappa shape index (κ1) is 14.4.